The number of thioether (sulfide) groups is 1. The molecular weight excluding hydrogens is 376 g/mol. The molecule has 7 heteroatoms. The molecule has 1 N–H and O–H groups in total. The van der Waals surface area contributed by atoms with Crippen LogP contribution in [0.25, 0.3) is 11.4 Å². The van der Waals surface area contributed by atoms with E-state index < -0.39 is 0 Å². The van der Waals surface area contributed by atoms with Gasteiger partial charge >= 0.3 is 0 Å². The van der Waals surface area contributed by atoms with Gasteiger partial charge in [0.05, 0.1) is 5.75 Å². The molecule has 0 saturated carbocycles. The Kier molecular flexibility index (Phi) is 6.34. The van der Waals surface area contributed by atoms with E-state index in [1.165, 1.54) is 27.8 Å². The lowest BCUT2D eigenvalue weighted by Crippen LogP contribution is -2.14. The summed E-state index contributed by atoms with van der Waals surface area (Å²) < 4.78 is 1.97. The average molecular weight is 401 g/mol. The van der Waals surface area contributed by atoms with Gasteiger partial charge in [0.15, 0.2) is 11.0 Å². The molecule has 0 saturated heterocycles. The third kappa shape index (κ3) is 4.42. The molecule has 142 valence electrons. The van der Waals surface area contributed by atoms with Gasteiger partial charge in [-0.25, -0.2) is 0 Å². The minimum Gasteiger partial charge on any atom is -0.325 e. The van der Waals surface area contributed by atoms with Gasteiger partial charge in [-0.2, -0.15) is 0 Å². The molecule has 5 nitrogen and oxygen atoms in total. The van der Waals surface area contributed by atoms with Gasteiger partial charge in [0.25, 0.3) is 0 Å². The zero-order valence-corrected chi connectivity index (χ0v) is 17.7. The van der Waals surface area contributed by atoms with Crippen molar-refractivity contribution in [1.29, 1.82) is 0 Å². The number of nitrogens with one attached hydrogen (secondary N) is 1. The molecule has 2 heterocycles. The summed E-state index contributed by atoms with van der Waals surface area (Å²) in [7, 11) is 1.95. The molecule has 0 radical (unpaired) electrons. The van der Waals surface area contributed by atoms with E-state index in [9.17, 15) is 4.79 Å². The minimum absolute atomic E-state index is 0.0468. The Morgan fingerprint density at radius 2 is 1.93 bits per heavy atom. The number of benzene rings is 1. The molecular formula is C20H24N4OS2. The number of aryl methyl sites for hydroxylation is 2. The largest absolute Gasteiger partial charge is 0.325 e. The van der Waals surface area contributed by atoms with Crippen LogP contribution in [0.5, 0.6) is 0 Å². The van der Waals surface area contributed by atoms with E-state index in [0.29, 0.717) is 5.75 Å². The highest BCUT2D eigenvalue weighted by molar-refractivity contribution is 7.99. The summed E-state index contributed by atoms with van der Waals surface area (Å²) in [5.41, 5.74) is 4.53. The lowest BCUT2D eigenvalue weighted by molar-refractivity contribution is -0.113. The highest BCUT2D eigenvalue weighted by Gasteiger charge is 2.17. The monoisotopic (exact) mass is 400 g/mol. The van der Waals surface area contributed by atoms with Crippen LogP contribution in [-0.4, -0.2) is 26.4 Å². The number of aromatic nitrogens is 3. The van der Waals surface area contributed by atoms with Crippen LogP contribution in [0.1, 0.15) is 29.9 Å². The van der Waals surface area contributed by atoms with E-state index in [1.807, 2.05) is 35.9 Å². The number of amides is 1. The second kappa shape index (κ2) is 8.71. The highest BCUT2D eigenvalue weighted by atomic mass is 32.2. The van der Waals surface area contributed by atoms with E-state index in [-0.39, 0.29) is 5.91 Å². The van der Waals surface area contributed by atoms with Crippen molar-refractivity contribution in [2.24, 2.45) is 7.05 Å². The summed E-state index contributed by atoms with van der Waals surface area (Å²) in [6.45, 7) is 6.40. The maximum absolute atomic E-state index is 12.2. The second-order valence-corrected chi connectivity index (χ2v) is 8.32. The zero-order valence-electron chi connectivity index (χ0n) is 16.1. The Morgan fingerprint density at radius 3 is 2.59 bits per heavy atom. The summed E-state index contributed by atoms with van der Waals surface area (Å²) in [5.74, 6) is 1.11. The molecule has 1 amide bonds. The van der Waals surface area contributed by atoms with Crippen LogP contribution in [-0.2, 0) is 24.7 Å². The van der Waals surface area contributed by atoms with Gasteiger partial charge in [-0.15, -0.1) is 21.5 Å². The van der Waals surface area contributed by atoms with Gasteiger partial charge < -0.3 is 9.88 Å². The smallest absolute Gasteiger partial charge is 0.234 e. The molecule has 2 aromatic heterocycles. The lowest BCUT2D eigenvalue weighted by atomic mass is 10.1. The highest BCUT2D eigenvalue weighted by Crippen LogP contribution is 2.31. The normalized spacial score (nSPS) is 11.0. The van der Waals surface area contributed by atoms with Crippen LogP contribution in [0.4, 0.5) is 5.69 Å². The van der Waals surface area contributed by atoms with Gasteiger partial charge in [0, 0.05) is 28.6 Å². The van der Waals surface area contributed by atoms with Gasteiger partial charge in [0.1, 0.15) is 0 Å². The number of nitrogens with zero attached hydrogens (tertiary/aromatic N) is 3. The fourth-order valence-electron chi connectivity index (χ4n) is 2.93. The van der Waals surface area contributed by atoms with Gasteiger partial charge in [-0.3, -0.25) is 4.79 Å². The number of carbonyl (C=O) groups is 1. The number of thiophene rings is 1. The Hall–Kier alpha value is -2.12. The maximum Gasteiger partial charge on any atom is 0.234 e. The van der Waals surface area contributed by atoms with Crippen LogP contribution < -0.4 is 5.32 Å². The van der Waals surface area contributed by atoms with Crippen molar-refractivity contribution in [3.63, 3.8) is 0 Å². The molecule has 1 aromatic carbocycles. The quantitative estimate of drug-likeness (QED) is 0.584. The number of anilines is 1. The van der Waals surface area contributed by atoms with Crippen molar-refractivity contribution in [2.75, 3.05) is 11.1 Å². The third-order valence-electron chi connectivity index (χ3n) is 4.51. The summed E-state index contributed by atoms with van der Waals surface area (Å²) >= 11 is 3.14. The molecule has 0 unspecified atom stereocenters. The topological polar surface area (TPSA) is 59.8 Å². The van der Waals surface area contributed by atoms with Crippen LogP contribution >= 0.6 is 23.1 Å². The molecule has 27 heavy (non-hydrogen) atoms. The second-order valence-electron chi connectivity index (χ2n) is 6.29. The lowest BCUT2D eigenvalue weighted by Gasteiger charge is -2.07. The SMILES string of the molecule is CCc1ccc(NC(=O)CSc2nnc(-c3csc(C)c3CC)n2C)cc1. The first-order valence-electron chi connectivity index (χ1n) is 9.01. The predicted molar refractivity (Wildman–Crippen MR) is 114 cm³/mol. The molecule has 3 aromatic rings. The molecule has 0 bridgehead atoms. The summed E-state index contributed by atoms with van der Waals surface area (Å²) in [5, 5.41) is 14.4. The summed E-state index contributed by atoms with van der Waals surface area (Å²) in [4.78, 5) is 13.6. The van der Waals surface area contributed by atoms with E-state index in [0.717, 1.165) is 35.1 Å². The van der Waals surface area contributed by atoms with Crippen molar-refractivity contribution in [3.05, 3.63) is 45.6 Å². The van der Waals surface area contributed by atoms with Crippen molar-refractivity contribution in [2.45, 2.75) is 38.8 Å². The average Bonchev–Trinajstić information content (AvgIpc) is 3.22. The Bertz CT molecular complexity index is 928. The molecule has 0 fully saturated rings. The van der Waals surface area contributed by atoms with E-state index in [2.05, 4.69) is 41.7 Å². The molecule has 0 aliphatic rings. The molecule has 0 aliphatic heterocycles. The predicted octanol–water partition coefficient (Wildman–Crippen LogP) is 4.71. The summed E-state index contributed by atoms with van der Waals surface area (Å²) in [6, 6.07) is 7.94. The Balaban J connectivity index is 1.64. The fraction of sp³-hybridized carbons (Fsp3) is 0.350. The standard InChI is InChI=1S/C20H24N4OS2/c1-5-14-7-9-15(10-8-14)21-18(25)12-27-20-23-22-19(24(20)4)17-11-26-13(3)16(17)6-2/h7-11H,5-6,12H2,1-4H3,(H,21,25). The van der Waals surface area contributed by atoms with Crippen molar-refractivity contribution in [1.82, 2.24) is 14.8 Å². The van der Waals surface area contributed by atoms with E-state index in [1.54, 1.807) is 11.3 Å². The fourth-order valence-corrected chi connectivity index (χ4v) is 4.58. The number of carbonyl (C=O) groups excluding carboxylic acids is 1. The van der Waals surface area contributed by atoms with Gasteiger partial charge in [-0.1, -0.05) is 37.7 Å². The van der Waals surface area contributed by atoms with Crippen molar-refractivity contribution < 1.29 is 4.79 Å². The third-order valence-corrected chi connectivity index (χ3v) is 6.49. The van der Waals surface area contributed by atoms with E-state index >= 15 is 0 Å². The maximum atomic E-state index is 12.2. The van der Waals surface area contributed by atoms with Crippen molar-refractivity contribution in [3.8, 4) is 11.4 Å². The minimum atomic E-state index is -0.0468. The van der Waals surface area contributed by atoms with Crippen LogP contribution in [0.3, 0.4) is 0 Å². The molecule has 3 rings (SSSR count). The Labute approximate surface area is 168 Å². The molecule has 0 atom stereocenters. The summed E-state index contributed by atoms with van der Waals surface area (Å²) in [6.07, 6.45) is 1.96. The van der Waals surface area contributed by atoms with Crippen LogP contribution in [0.2, 0.25) is 0 Å². The molecule has 0 aliphatic carbocycles. The number of hydrogen-bond donors (Lipinski definition) is 1. The first kappa shape index (κ1) is 19.6. The van der Waals surface area contributed by atoms with Crippen molar-refractivity contribution >= 4 is 34.7 Å². The zero-order chi connectivity index (χ0) is 19.4. The van der Waals surface area contributed by atoms with Gasteiger partial charge in [-0.05, 0) is 43.0 Å². The number of rotatable bonds is 7. The van der Waals surface area contributed by atoms with E-state index in [4.69, 9.17) is 0 Å². The molecule has 0 spiro atoms. The Morgan fingerprint density at radius 1 is 1.19 bits per heavy atom. The van der Waals surface area contributed by atoms with Crippen LogP contribution in [0.15, 0.2) is 34.8 Å². The van der Waals surface area contributed by atoms with Gasteiger partial charge in [0.2, 0.25) is 5.91 Å². The first-order chi connectivity index (χ1) is 13.0. The van der Waals surface area contributed by atoms with Crippen LogP contribution in [0, 0.1) is 6.92 Å². The first-order valence-corrected chi connectivity index (χ1v) is 10.9. The number of hydrogen-bond acceptors (Lipinski definition) is 5.